The highest BCUT2D eigenvalue weighted by Crippen LogP contribution is 2.22. The van der Waals surface area contributed by atoms with E-state index in [4.69, 9.17) is 4.74 Å². The zero-order valence-corrected chi connectivity index (χ0v) is 15.2. The number of nitrogens with zero attached hydrogens (tertiary/aromatic N) is 1. The van der Waals surface area contributed by atoms with Crippen LogP contribution in [0.3, 0.4) is 0 Å². The van der Waals surface area contributed by atoms with Crippen molar-refractivity contribution in [2.45, 2.75) is 0 Å². The average molecular weight is 383 g/mol. The molecule has 3 aromatic rings. The summed E-state index contributed by atoms with van der Waals surface area (Å²) in [6.07, 6.45) is 1.46. The van der Waals surface area contributed by atoms with Crippen LogP contribution in [0.2, 0.25) is 0 Å². The van der Waals surface area contributed by atoms with E-state index in [-0.39, 0.29) is 11.1 Å². The summed E-state index contributed by atoms with van der Waals surface area (Å²) >= 11 is 0. The molecule has 0 fully saturated rings. The van der Waals surface area contributed by atoms with Gasteiger partial charge in [-0.3, -0.25) is 4.79 Å². The number of benzene rings is 3. The molecule has 0 aliphatic rings. The van der Waals surface area contributed by atoms with E-state index >= 15 is 0 Å². The highest BCUT2D eigenvalue weighted by atomic mass is 16.5. The summed E-state index contributed by atoms with van der Waals surface area (Å²) < 4.78 is 5.71. The fraction of sp³-hybridized carbons (Fsp3) is 0. The Morgan fingerprint density at radius 1 is 0.897 bits per heavy atom. The summed E-state index contributed by atoms with van der Waals surface area (Å²) in [6, 6.07) is 23.6. The third kappa shape index (κ3) is 5.31. The third-order valence-electron chi connectivity index (χ3n) is 3.91. The van der Waals surface area contributed by atoms with Crippen LogP contribution in [0.1, 0.15) is 15.9 Å². The van der Waals surface area contributed by atoms with E-state index in [1.54, 1.807) is 24.3 Å². The summed E-state index contributed by atoms with van der Waals surface area (Å²) in [5.41, 5.74) is 0.930. The number of para-hydroxylation sites is 1. The maximum absolute atomic E-state index is 12.3. The second-order valence-corrected chi connectivity index (χ2v) is 5.97. The highest BCUT2D eigenvalue weighted by molar-refractivity contribution is 6.09. The molecule has 1 N–H and O–H groups in total. The van der Waals surface area contributed by atoms with Gasteiger partial charge in [0.2, 0.25) is 0 Å². The van der Waals surface area contributed by atoms with E-state index in [9.17, 15) is 20.0 Å². The van der Waals surface area contributed by atoms with Crippen LogP contribution in [-0.4, -0.2) is 11.9 Å². The molecule has 1 amide bonds. The van der Waals surface area contributed by atoms with Crippen molar-refractivity contribution in [2.24, 2.45) is 0 Å². The van der Waals surface area contributed by atoms with Gasteiger partial charge in [0.1, 0.15) is 23.1 Å². The van der Waals surface area contributed by atoms with Crippen LogP contribution >= 0.6 is 0 Å². The highest BCUT2D eigenvalue weighted by Gasteiger charge is 2.10. The molecule has 6 nitrogen and oxygen atoms in total. The van der Waals surface area contributed by atoms with Crippen molar-refractivity contribution in [1.29, 1.82) is 5.26 Å². The van der Waals surface area contributed by atoms with Gasteiger partial charge >= 0.3 is 0 Å². The first-order valence-corrected chi connectivity index (χ1v) is 8.62. The number of hydrogen-bond acceptors (Lipinski definition) is 5. The molecule has 3 rings (SSSR count). The van der Waals surface area contributed by atoms with Crippen LogP contribution in [0.25, 0.3) is 6.08 Å². The number of anilines is 1. The molecule has 29 heavy (non-hydrogen) atoms. The van der Waals surface area contributed by atoms with E-state index in [2.05, 4.69) is 5.32 Å². The quantitative estimate of drug-likeness (QED) is 0.519. The number of carboxylic acid groups (broad SMARTS) is 1. The van der Waals surface area contributed by atoms with Crippen LogP contribution in [0.4, 0.5) is 5.69 Å². The minimum Gasteiger partial charge on any atom is -0.545 e. The number of carbonyl (C=O) groups is 2. The van der Waals surface area contributed by atoms with Crippen LogP contribution in [0.15, 0.2) is 84.4 Å². The summed E-state index contributed by atoms with van der Waals surface area (Å²) in [7, 11) is 0. The Kier molecular flexibility index (Phi) is 6.03. The van der Waals surface area contributed by atoms with Crippen LogP contribution in [-0.2, 0) is 4.79 Å². The second kappa shape index (κ2) is 9.02. The molecule has 0 saturated carbocycles. The lowest BCUT2D eigenvalue weighted by atomic mass is 10.1. The van der Waals surface area contributed by atoms with Gasteiger partial charge in [0.05, 0.1) is 5.97 Å². The Balaban J connectivity index is 1.69. The molecule has 0 saturated heterocycles. The Bertz CT molecular complexity index is 1080. The Hall–Kier alpha value is -4.37. The number of rotatable bonds is 6. The van der Waals surface area contributed by atoms with E-state index < -0.39 is 11.9 Å². The lowest BCUT2D eigenvalue weighted by molar-refractivity contribution is -0.255. The van der Waals surface area contributed by atoms with Crippen molar-refractivity contribution >= 4 is 23.6 Å². The summed E-state index contributed by atoms with van der Waals surface area (Å²) in [5, 5.41) is 22.6. The van der Waals surface area contributed by atoms with Crippen molar-refractivity contribution in [3.8, 4) is 17.6 Å². The molecule has 142 valence electrons. The number of amides is 1. The first kappa shape index (κ1) is 19.4. The summed E-state index contributed by atoms with van der Waals surface area (Å²) in [4.78, 5) is 23.1. The van der Waals surface area contributed by atoms with Gasteiger partial charge in [0.25, 0.3) is 5.91 Å². The van der Waals surface area contributed by atoms with Gasteiger partial charge < -0.3 is 20.0 Å². The molecule has 0 bridgehead atoms. The molecule has 0 aliphatic heterocycles. The Morgan fingerprint density at radius 3 is 2.10 bits per heavy atom. The van der Waals surface area contributed by atoms with Gasteiger partial charge in [-0.05, 0) is 53.6 Å². The van der Waals surface area contributed by atoms with Crippen molar-refractivity contribution < 1.29 is 19.4 Å². The molecule has 0 unspecified atom stereocenters. The smallest absolute Gasteiger partial charge is 0.266 e. The Labute approximate surface area is 167 Å². The van der Waals surface area contributed by atoms with Gasteiger partial charge in [0.15, 0.2) is 0 Å². The normalized spacial score (nSPS) is 10.7. The lowest BCUT2D eigenvalue weighted by Gasteiger charge is -2.07. The first-order chi connectivity index (χ1) is 14.0. The number of nitriles is 1. The lowest BCUT2D eigenvalue weighted by Crippen LogP contribution is -2.22. The SMILES string of the molecule is N#C/C(=C\c1ccc(Oc2ccccc2)cc1)C(=O)Nc1ccc(C(=O)[O-])cc1. The summed E-state index contributed by atoms with van der Waals surface area (Å²) in [6.45, 7) is 0. The monoisotopic (exact) mass is 383 g/mol. The molecule has 0 atom stereocenters. The van der Waals surface area contributed by atoms with Crippen LogP contribution in [0.5, 0.6) is 11.5 Å². The maximum Gasteiger partial charge on any atom is 0.266 e. The van der Waals surface area contributed by atoms with Crippen molar-refractivity contribution in [2.75, 3.05) is 5.32 Å². The largest absolute Gasteiger partial charge is 0.545 e. The number of aromatic carboxylic acids is 1. The number of hydrogen-bond donors (Lipinski definition) is 1. The third-order valence-corrected chi connectivity index (χ3v) is 3.91. The zero-order chi connectivity index (χ0) is 20.6. The number of ether oxygens (including phenoxy) is 1. The average Bonchev–Trinajstić information content (AvgIpc) is 2.74. The van der Waals surface area contributed by atoms with Crippen molar-refractivity contribution in [1.82, 2.24) is 0 Å². The van der Waals surface area contributed by atoms with Crippen LogP contribution < -0.4 is 15.2 Å². The topological polar surface area (TPSA) is 102 Å². The first-order valence-electron chi connectivity index (χ1n) is 8.62. The summed E-state index contributed by atoms with van der Waals surface area (Å²) in [5.74, 6) is -0.569. The van der Waals surface area contributed by atoms with E-state index in [1.807, 2.05) is 36.4 Å². The maximum atomic E-state index is 12.3. The van der Waals surface area contributed by atoms with Gasteiger partial charge in [0, 0.05) is 5.69 Å². The second-order valence-electron chi connectivity index (χ2n) is 5.97. The minimum absolute atomic E-state index is 0.00291. The van der Waals surface area contributed by atoms with E-state index in [0.717, 1.165) is 0 Å². The standard InChI is InChI=1S/C23H16N2O4/c24-15-18(22(26)25-19-10-8-17(9-11-19)23(27)28)14-16-6-12-21(13-7-16)29-20-4-2-1-3-5-20/h1-14H,(H,25,26)(H,27,28)/p-1/b18-14+. The molecule has 0 radical (unpaired) electrons. The Morgan fingerprint density at radius 2 is 1.52 bits per heavy atom. The molecule has 3 aromatic carbocycles. The number of nitrogens with one attached hydrogen (secondary N) is 1. The minimum atomic E-state index is -1.31. The predicted molar refractivity (Wildman–Crippen MR) is 106 cm³/mol. The molecular weight excluding hydrogens is 368 g/mol. The van der Waals surface area contributed by atoms with Gasteiger partial charge in [-0.2, -0.15) is 5.26 Å². The fourth-order valence-corrected chi connectivity index (χ4v) is 2.46. The number of carboxylic acids is 1. The van der Waals surface area contributed by atoms with Crippen molar-refractivity contribution in [3.05, 3.63) is 95.6 Å². The number of carbonyl (C=O) groups excluding carboxylic acids is 2. The molecular formula is C23H15N2O4-. The van der Waals surface area contributed by atoms with E-state index in [0.29, 0.717) is 22.7 Å². The fourth-order valence-electron chi connectivity index (χ4n) is 2.46. The van der Waals surface area contributed by atoms with Gasteiger partial charge in [-0.25, -0.2) is 0 Å². The van der Waals surface area contributed by atoms with Gasteiger partial charge in [-0.1, -0.05) is 42.5 Å². The molecule has 6 heteroatoms. The molecule has 0 heterocycles. The predicted octanol–water partition coefficient (Wildman–Crippen LogP) is 3.39. The zero-order valence-electron chi connectivity index (χ0n) is 15.2. The molecule has 0 aromatic heterocycles. The van der Waals surface area contributed by atoms with E-state index in [1.165, 1.54) is 30.3 Å². The van der Waals surface area contributed by atoms with Gasteiger partial charge in [-0.15, -0.1) is 0 Å². The molecule has 0 aliphatic carbocycles. The molecule has 0 spiro atoms. The van der Waals surface area contributed by atoms with Crippen LogP contribution in [0, 0.1) is 11.3 Å². The van der Waals surface area contributed by atoms with Crippen molar-refractivity contribution in [3.63, 3.8) is 0 Å².